The molecule has 30 heavy (non-hydrogen) atoms. The molecule has 2 aromatic rings. The maximum atomic E-state index is 12.9. The van der Waals surface area contributed by atoms with Crippen LogP contribution in [0, 0.1) is 5.92 Å². The monoisotopic (exact) mass is 408 g/mol. The number of rotatable bonds is 3. The van der Waals surface area contributed by atoms with Crippen molar-refractivity contribution >= 4 is 17.6 Å². The number of anilines is 1. The molecule has 2 N–H and O–H groups in total. The molecular formula is C21H24N6O3. The number of carbonyl (C=O) groups is 2. The molecule has 9 nitrogen and oxygen atoms in total. The van der Waals surface area contributed by atoms with Gasteiger partial charge in [-0.3, -0.25) is 14.4 Å². The van der Waals surface area contributed by atoms with E-state index in [0.717, 1.165) is 18.5 Å². The third-order valence-corrected chi connectivity index (χ3v) is 6.39. The normalized spacial score (nSPS) is 22.9. The van der Waals surface area contributed by atoms with Crippen molar-refractivity contribution in [2.45, 2.75) is 31.7 Å². The Morgan fingerprint density at radius 2 is 2.00 bits per heavy atom. The van der Waals surface area contributed by atoms with E-state index < -0.39 is 0 Å². The number of nitrogen functional groups attached to an aromatic ring is 1. The molecular weight excluding hydrogens is 384 g/mol. The quantitative estimate of drug-likeness (QED) is 0.789. The lowest BCUT2D eigenvalue weighted by atomic mass is 9.82. The summed E-state index contributed by atoms with van der Waals surface area (Å²) in [6, 6.07) is 5.23. The first-order chi connectivity index (χ1) is 14.5. The van der Waals surface area contributed by atoms with E-state index in [-0.39, 0.29) is 35.8 Å². The summed E-state index contributed by atoms with van der Waals surface area (Å²) >= 11 is 0. The van der Waals surface area contributed by atoms with Crippen molar-refractivity contribution in [3.05, 3.63) is 40.6 Å². The van der Waals surface area contributed by atoms with Gasteiger partial charge in [0.1, 0.15) is 12.1 Å². The second kappa shape index (κ2) is 7.23. The van der Waals surface area contributed by atoms with E-state index in [1.54, 1.807) is 17.0 Å². The van der Waals surface area contributed by atoms with E-state index in [9.17, 15) is 14.4 Å². The Bertz CT molecular complexity index is 1080. The van der Waals surface area contributed by atoms with Gasteiger partial charge in [0.15, 0.2) is 0 Å². The molecule has 0 aliphatic carbocycles. The molecule has 2 atom stereocenters. The van der Waals surface area contributed by atoms with Crippen LogP contribution in [0.3, 0.4) is 0 Å². The number of pyridine rings is 1. The van der Waals surface area contributed by atoms with E-state index in [2.05, 4.69) is 9.97 Å². The maximum absolute atomic E-state index is 12.9. The molecule has 0 aromatic carbocycles. The van der Waals surface area contributed by atoms with Crippen LogP contribution in [-0.2, 0) is 16.1 Å². The summed E-state index contributed by atoms with van der Waals surface area (Å²) in [7, 11) is 0. The molecule has 2 aromatic heterocycles. The zero-order valence-corrected chi connectivity index (χ0v) is 16.7. The van der Waals surface area contributed by atoms with Gasteiger partial charge in [-0.1, -0.05) is 0 Å². The van der Waals surface area contributed by atoms with Crippen molar-refractivity contribution in [3.63, 3.8) is 0 Å². The molecule has 5 heterocycles. The van der Waals surface area contributed by atoms with Gasteiger partial charge in [-0.15, -0.1) is 0 Å². The summed E-state index contributed by atoms with van der Waals surface area (Å²) in [6.07, 6.45) is 3.69. The number of amides is 2. The number of likely N-dealkylation sites (tertiary alicyclic amines) is 2. The number of hydrogen-bond donors (Lipinski definition) is 1. The average Bonchev–Trinajstić information content (AvgIpc) is 3.13. The second-order valence-electron chi connectivity index (χ2n) is 8.46. The van der Waals surface area contributed by atoms with Crippen LogP contribution in [0.5, 0.6) is 0 Å². The minimum Gasteiger partial charge on any atom is -0.384 e. The van der Waals surface area contributed by atoms with Gasteiger partial charge in [-0.25, -0.2) is 9.97 Å². The lowest BCUT2D eigenvalue weighted by molar-refractivity contribution is -0.140. The number of nitrogens with zero attached hydrogens (tertiary/aromatic N) is 5. The molecule has 0 saturated carbocycles. The lowest BCUT2D eigenvalue weighted by Gasteiger charge is -2.43. The summed E-state index contributed by atoms with van der Waals surface area (Å²) in [5.74, 6) is 0.737. The van der Waals surface area contributed by atoms with E-state index in [1.807, 2.05) is 15.5 Å². The van der Waals surface area contributed by atoms with Gasteiger partial charge in [0.2, 0.25) is 11.8 Å². The number of carbonyl (C=O) groups excluding carboxylic acids is 2. The zero-order chi connectivity index (χ0) is 20.8. The minimum atomic E-state index is -0.0585. The van der Waals surface area contributed by atoms with Crippen LogP contribution in [0.2, 0.25) is 0 Å². The Labute approximate surface area is 173 Å². The first kappa shape index (κ1) is 18.8. The van der Waals surface area contributed by atoms with Crippen molar-refractivity contribution < 1.29 is 9.59 Å². The summed E-state index contributed by atoms with van der Waals surface area (Å²) < 4.78 is 1.83. The van der Waals surface area contributed by atoms with Crippen molar-refractivity contribution in [3.8, 4) is 11.3 Å². The van der Waals surface area contributed by atoms with Gasteiger partial charge < -0.3 is 20.1 Å². The van der Waals surface area contributed by atoms with Crippen molar-refractivity contribution in [1.82, 2.24) is 24.3 Å². The first-order valence-electron chi connectivity index (χ1n) is 10.4. The van der Waals surface area contributed by atoms with E-state index in [4.69, 9.17) is 5.73 Å². The fourth-order valence-electron chi connectivity index (χ4n) is 4.98. The lowest BCUT2D eigenvalue weighted by Crippen LogP contribution is -2.51. The number of hydrogen-bond acceptors (Lipinski definition) is 6. The van der Waals surface area contributed by atoms with Crippen LogP contribution in [0.15, 0.2) is 29.3 Å². The highest BCUT2D eigenvalue weighted by molar-refractivity contribution is 5.86. The molecule has 156 valence electrons. The van der Waals surface area contributed by atoms with Crippen LogP contribution < -0.4 is 11.3 Å². The highest BCUT2D eigenvalue weighted by Gasteiger charge is 2.37. The van der Waals surface area contributed by atoms with Crippen LogP contribution in [-0.4, -0.2) is 62.3 Å². The Morgan fingerprint density at radius 1 is 1.13 bits per heavy atom. The number of nitrogens with two attached hydrogens (primary N) is 1. The summed E-state index contributed by atoms with van der Waals surface area (Å²) in [5.41, 5.74) is 7.97. The molecule has 2 bridgehead atoms. The Hall–Kier alpha value is -3.23. The topological polar surface area (TPSA) is 114 Å². The molecule has 3 aliphatic heterocycles. The number of fused-ring (bicyclic) bond motifs is 4. The maximum Gasteiger partial charge on any atom is 0.251 e. The van der Waals surface area contributed by atoms with Crippen LogP contribution in [0.4, 0.5) is 5.82 Å². The molecule has 2 amide bonds. The molecule has 5 rings (SSSR count). The largest absolute Gasteiger partial charge is 0.384 e. The number of aromatic nitrogens is 3. The molecule has 0 spiro atoms. The molecule has 0 unspecified atom stereocenters. The summed E-state index contributed by atoms with van der Waals surface area (Å²) in [5, 5.41) is 0. The van der Waals surface area contributed by atoms with Crippen molar-refractivity contribution in [2.24, 2.45) is 5.92 Å². The van der Waals surface area contributed by atoms with Crippen molar-refractivity contribution in [1.29, 1.82) is 0 Å². The van der Waals surface area contributed by atoms with Gasteiger partial charge in [0, 0.05) is 61.9 Å². The molecule has 3 aliphatic rings. The molecule has 0 radical (unpaired) electrons. The Morgan fingerprint density at radius 3 is 2.77 bits per heavy atom. The third-order valence-electron chi connectivity index (χ3n) is 6.39. The second-order valence-corrected chi connectivity index (χ2v) is 8.46. The number of piperidine rings is 1. The van der Waals surface area contributed by atoms with Crippen LogP contribution in [0.1, 0.15) is 30.9 Å². The van der Waals surface area contributed by atoms with Gasteiger partial charge in [0.25, 0.3) is 5.56 Å². The predicted molar refractivity (Wildman–Crippen MR) is 109 cm³/mol. The molecule has 9 heteroatoms. The van der Waals surface area contributed by atoms with Gasteiger partial charge in [-0.05, 0) is 24.8 Å². The molecule has 2 saturated heterocycles. The fourth-order valence-corrected chi connectivity index (χ4v) is 4.98. The highest BCUT2D eigenvalue weighted by Crippen LogP contribution is 2.36. The predicted octanol–water partition coefficient (Wildman–Crippen LogP) is 0.456. The van der Waals surface area contributed by atoms with Crippen molar-refractivity contribution in [2.75, 3.05) is 31.9 Å². The first-order valence-corrected chi connectivity index (χ1v) is 10.4. The van der Waals surface area contributed by atoms with E-state index in [0.29, 0.717) is 49.7 Å². The van der Waals surface area contributed by atoms with E-state index >= 15 is 0 Å². The SMILES string of the molecule is Nc1cc(-c2cc3n(c(=O)c2)C[C@H]2C[C@@H]3CN(C(=O)CN3CCCC3=O)C2)ncn1. The average molecular weight is 408 g/mol. The highest BCUT2D eigenvalue weighted by atomic mass is 16.2. The fraction of sp³-hybridized carbons (Fsp3) is 0.476. The summed E-state index contributed by atoms with van der Waals surface area (Å²) in [6.45, 7) is 2.61. The smallest absolute Gasteiger partial charge is 0.251 e. The molecule has 2 fully saturated rings. The van der Waals surface area contributed by atoms with Gasteiger partial charge in [0.05, 0.1) is 12.2 Å². The summed E-state index contributed by atoms with van der Waals surface area (Å²) in [4.78, 5) is 49.3. The third kappa shape index (κ3) is 3.34. The van der Waals surface area contributed by atoms with E-state index in [1.165, 1.54) is 6.33 Å². The Kier molecular flexibility index (Phi) is 4.52. The zero-order valence-electron chi connectivity index (χ0n) is 16.7. The Balaban J connectivity index is 1.41. The minimum absolute atomic E-state index is 0.00419. The standard InChI is InChI=1S/C21H24N6O3/c22-18-7-16(23-12-24-18)14-5-17-15-4-13(9-27(17)20(29)6-14)8-26(10-15)21(30)11-25-3-1-2-19(25)28/h5-7,12-13,15H,1-4,8-11H2,(H2,22,23,24)/t13-,15+/m0/s1. The van der Waals surface area contributed by atoms with Crippen LogP contribution in [0.25, 0.3) is 11.3 Å². The van der Waals surface area contributed by atoms with Gasteiger partial charge >= 0.3 is 0 Å². The van der Waals surface area contributed by atoms with Crippen LogP contribution >= 0.6 is 0 Å². The van der Waals surface area contributed by atoms with Gasteiger partial charge in [-0.2, -0.15) is 0 Å².